The molecule has 4 aromatic rings. The number of benzene rings is 1. The molecule has 0 unspecified atom stereocenters. The summed E-state index contributed by atoms with van der Waals surface area (Å²) in [7, 11) is 0. The van der Waals surface area contributed by atoms with E-state index in [2.05, 4.69) is 24.8 Å². The van der Waals surface area contributed by atoms with Crippen molar-refractivity contribution >= 4 is 34.3 Å². The van der Waals surface area contributed by atoms with Crippen molar-refractivity contribution in [2.24, 2.45) is 5.73 Å². The third kappa shape index (κ3) is 3.85. The van der Waals surface area contributed by atoms with Crippen LogP contribution in [0, 0.1) is 0 Å². The van der Waals surface area contributed by atoms with Gasteiger partial charge in [0.2, 0.25) is 0 Å². The highest BCUT2D eigenvalue weighted by Crippen LogP contribution is 2.30. The minimum absolute atomic E-state index is 0.333. The fraction of sp³-hybridized carbons (Fsp3) is 0.273. The molecule has 1 saturated heterocycles. The van der Waals surface area contributed by atoms with Gasteiger partial charge in [-0.2, -0.15) is 0 Å². The quantitative estimate of drug-likeness (QED) is 0.489. The van der Waals surface area contributed by atoms with E-state index >= 15 is 0 Å². The van der Waals surface area contributed by atoms with Gasteiger partial charge in [0.05, 0.1) is 36.5 Å². The van der Waals surface area contributed by atoms with Crippen LogP contribution in [0.3, 0.4) is 0 Å². The van der Waals surface area contributed by atoms with Gasteiger partial charge in [-0.3, -0.25) is 4.98 Å². The molecule has 2 atom stereocenters. The lowest BCUT2D eigenvalue weighted by atomic mass is 10.0. The zero-order valence-corrected chi connectivity index (χ0v) is 18.0. The SMILES string of the molecule is Nc1ncnc2c1ncn2Cc1cc(-c2cccc(Cl)c2)ncc1N1CC[C@@H](F)[C@@H](N)C1. The molecule has 0 bridgehead atoms. The third-order valence-corrected chi connectivity index (χ3v) is 6.00. The summed E-state index contributed by atoms with van der Waals surface area (Å²) in [4.78, 5) is 19.5. The first-order valence-corrected chi connectivity index (χ1v) is 10.7. The van der Waals surface area contributed by atoms with E-state index in [9.17, 15) is 4.39 Å². The molecule has 1 aliphatic rings. The molecule has 1 aromatic carbocycles. The van der Waals surface area contributed by atoms with Crippen molar-refractivity contribution in [2.75, 3.05) is 23.7 Å². The Hall–Kier alpha value is -3.30. The second kappa shape index (κ2) is 8.33. The smallest absolute Gasteiger partial charge is 0.165 e. The molecule has 3 aromatic heterocycles. The van der Waals surface area contributed by atoms with Gasteiger partial charge in [0.15, 0.2) is 11.5 Å². The molecule has 10 heteroatoms. The number of alkyl halides is 1. The molecule has 0 radical (unpaired) electrons. The minimum atomic E-state index is -0.995. The first kappa shape index (κ1) is 20.6. The molecule has 0 saturated carbocycles. The molecule has 0 aliphatic carbocycles. The first-order valence-electron chi connectivity index (χ1n) is 10.3. The first-order chi connectivity index (χ1) is 15.5. The summed E-state index contributed by atoms with van der Waals surface area (Å²) >= 11 is 6.19. The zero-order valence-electron chi connectivity index (χ0n) is 17.2. The van der Waals surface area contributed by atoms with Crippen molar-refractivity contribution in [2.45, 2.75) is 25.2 Å². The summed E-state index contributed by atoms with van der Waals surface area (Å²) in [5.41, 5.74) is 16.7. The van der Waals surface area contributed by atoms with E-state index in [1.807, 2.05) is 41.1 Å². The van der Waals surface area contributed by atoms with Crippen molar-refractivity contribution in [3.8, 4) is 11.3 Å². The molecule has 0 spiro atoms. The lowest BCUT2D eigenvalue weighted by molar-refractivity contribution is 0.244. The van der Waals surface area contributed by atoms with Crippen LogP contribution in [0.1, 0.15) is 12.0 Å². The minimum Gasteiger partial charge on any atom is -0.382 e. The number of nitrogens with two attached hydrogens (primary N) is 2. The average Bonchev–Trinajstić information content (AvgIpc) is 3.20. The summed E-state index contributed by atoms with van der Waals surface area (Å²) in [5.74, 6) is 0.333. The van der Waals surface area contributed by atoms with E-state index in [4.69, 9.17) is 23.1 Å². The van der Waals surface area contributed by atoms with Gasteiger partial charge < -0.3 is 20.9 Å². The number of halogens is 2. The molecule has 0 amide bonds. The molecule has 4 heterocycles. The summed E-state index contributed by atoms with van der Waals surface area (Å²) in [5, 5.41) is 0.638. The van der Waals surface area contributed by atoms with Crippen LogP contribution in [0.5, 0.6) is 0 Å². The van der Waals surface area contributed by atoms with E-state index in [-0.39, 0.29) is 0 Å². The number of anilines is 2. The number of fused-ring (bicyclic) bond motifs is 1. The van der Waals surface area contributed by atoms with Crippen molar-refractivity contribution < 1.29 is 4.39 Å². The maximum Gasteiger partial charge on any atom is 0.165 e. The Kier molecular flexibility index (Phi) is 5.36. The van der Waals surface area contributed by atoms with Gasteiger partial charge in [-0.25, -0.2) is 19.3 Å². The monoisotopic (exact) mass is 452 g/mol. The Bertz CT molecular complexity index is 1280. The molecule has 8 nitrogen and oxygen atoms in total. The molecular weight excluding hydrogens is 431 g/mol. The van der Waals surface area contributed by atoms with Gasteiger partial charge >= 0.3 is 0 Å². The molecular formula is C22H22ClFN8. The molecule has 5 rings (SSSR count). The zero-order chi connectivity index (χ0) is 22.2. The number of nitrogens with zero attached hydrogens (tertiary/aromatic N) is 6. The number of rotatable bonds is 4. The van der Waals surface area contributed by atoms with E-state index in [1.54, 1.807) is 6.33 Å². The van der Waals surface area contributed by atoms with E-state index < -0.39 is 12.2 Å². The van der Waals surface area contributed by atoms with Crippen LogP contribution in [0.25, 0.3) is 22.4 Å². The van der Waals surface area contributed by atoms with Crippen LogP contribution < -0.4 is 16.4 Å². The predicted octanol–water partition coefficient (Wildman–Crippen LogP) is 3.05. The van der Waals surface area contributed by atoms with Crippen molar-refractivity contribution in [3.05, 3.63) is 59.8 Å². The van der Waals surface area contributed by atoms with E-state index in [1.165, 1.54) is 6.33 Å². The largest absolute Gasteiger partial charge is 0.382 e. The maximum absolute atomic E-state index is 14.0. The summed E-state index contributed by atoms with van der Waals surface area (Å²) in [6, 6.07) is 9.03. The number of aromatic nitrogens is 5. The molecule has 32 heavy (non-hydrogen) atoms. The van der Waals surface area contributed by atoms with E-state index in [0.29, 0.717) is 48.1 Å². The van der Waals surface area contributed by atoms with Crippen LogP contribution in [-0.2, 0) is 6.54 Å². The molecule has 1 fully saturated rings. The number of pyridine rings is 1. The summed E-state index contributed by atoms with van der Waals surface area (Å²) in [6.45, 7) is 1.47. The van der Waals surface area contributed by atoms with Crippen LogP contribution >= 0.6 is 11.6 Å². The summed E-state index contributed by atoms with van der Waals surface area (Å²) < 4.78 is 15.9. The van der Waals surface area contributed by atoms with Crippen LogP contribution in [0.4, 0.5) is 15.9 Å². The Labute approximate surface area is 189 Å². The van der Waals surface area contributed by atoms with E-state index in [0.717, 1.165) is 22.5 Å². The fourth-order valence-electron chi connectivity index (χ4n) is 4.08. The van der Waals surface area contributed by atoms with Crippen LogP contribution in [-0.4, -0.2) is 49.8 Å². The van der Waals surface area contributed by atoms with Gasteiger partial charge in [0, 0.05) is 23.7 Å². The number of piperidine rings is 1. The molecule has 4 N–H and O–H groups in total. The fourth-order valence-corrected chi connectivity index (χ4v) is 4.27. The van der Waals surface area contributed by atoms with Crippen molar-refractivity contribution in [3.63, 3.8) is 0 Å². The number of hydrogen-bond acceptors (Lipinski definition) is 7. The van der Waals surface area contributed by atoms with Crippen LogP contribution in [0.2, 0.25) is 5.02 Å². The second-order valence-corrected chi connectivity index (χ2v) is 8.36. The average molecular weight is 453 g/mol. The lowest BCUT2D eigenvalue weighted by Gasteiger charge is -2.35. The normalized spacial score (nSPS) is 18.9. The lowest BCUT2D eigenvalue weighted by Crippen LogP contribution is -2.50. The Morgan fingerprint density at radius 3 is 2.84 bits per heavy atom. The topological polar surface area (TPSA) is 112 Å². The summed E-state index contributed by atoms with van der Waals surface area (Å²) in [6.07, 6.45) is 4.32. The van der Waals surface area contributed by atoms with Crippen molar-refractivity contribution in [1.29, 1.82) is 0 Å². The van der Waals surface area contributed by atoms with Gasteiger partial charge in [-0.15, -0.1) is 0 Å². The maximum atomic E-state index is 14.0. The number of hydrogen-bond donors (Lipinski definition) is 2. The highest BCUT2D eigenvalue weighted by atomic mass is 35.5. The van der Waals surface area contributed by atoms with Gasteiger partial charge in [0.1, 0.15) is 18.0 Å². The number of nitrogen functional groups attached to an aromatic ring is 1. The van der Waals surface area contributed by atoms with Crippen molar-refractivity contribution in [1.82, 2.24) is 24.5 Å². The molecule has 1 aliphatic heterocycles. The Morgan fingerprint density at radius 1 is 1.16 bits per heavy atom. The highest BCUT2D eigenvalue weighted by Gasteiger charge is 2.28. The van der Waals surface area contributed by atoms with Gasteiger partial charge in [-0.1, -0.05) is 23.7 Å². The van der Waals surface area contributed by atoms with Gasteiger partial charge in [-0.05, 0) is 30.2 Å². The third-order valence-electron chi connectivity index (χ3n) is 5.77. The van der Waals surface area contributed by atoms with Crippen LogP contribution in [0.15, 0.2) is 49.2 Å². The highest BCUT2D eigenvalue weighted by molar-refractivity contribution is 6.30. The molecule has 164 valence electrons. The predicted molar refractivity (Wildman–Crippen MR) is 123 cm³/mol. The Morgan fingerprint density at radius 2 is 2.03 bits per heavy atom. The standard InChI is InChI=1S/C22H22ClFN8/c23-15-3-1-2-13(6-15)18-7-14(9-32-12-30-20-21(26)28-11-29-22(20)32)19(8-27-18)31-5-4-16(24)17(25)10-31/h1-3,6-8,11-12,16-17H,4-5,9-10,25H2,(H2,26,28,29)/t16-,17+/m1/s1. The van der Waals surface area contributed by atoms with Gasteiger partial charge in [0.25, 0.3) is 0 Å². The number of imidazole rings is 1. The second-order valence-electron chi connectivity index (χ2n) is 7.93. The Balaban J connectivity index is 1.58.